The lowest BCUT2D eigenvalue weighted by atomic mass is 10.0. The van der Waals surface area contributed by atoms with Gasteiger partial charge in [-0.3, -0.25) is 10.4 Å². The topological polar surface area (TPSA) is 87.6 Å². The van der Waals surface area contributed by atoms with Crippen molar-refractivity contribution in [3.63, 3.8) is 0 Å². The number of fused-ring (bicyclic) bond motifs is 1. The Hall–Kier alpha value is -3.32. The normalized spacial score (nSPS) is 10.9. The van der Waals surface area contributed by atoms with E-state index in [-0.39, 0.29) is 6.03 Å². The molecule has 28 heavy (non-hydrogen) atoms. The van der Waals surface area contributed by atoms with Crippen molar-refractivity contribution in [3.8, 4) is 11.1 Å². The number of anilines is 1. The molecule has 0 aliphatic heterocycles. The molecule has 0 radical (unpaired) electrons. The average molecular weight is 395 g/mol. The smallest absolute Gasteiger partial charge is 0.320 e. The van der Waals surface area contributed by atoms with Gasteiger partial charge in [0.1, 0.15) is 0 Å². The number of amides is 2. The summed E-state index contributed by atoms with van der Waals surface area (Å²) in [6, 6.07) is 13.3. The van der Waals surface area contributed by atoms with Crippen molar-refractivity contribution in [1.29, 1.82) is 0 Å². The predicted molar refractivity (Wildman–Crippen MR) is 110 cm³/mol. The fourth-order valence-electron chi connectivity index (χ4n) is 3.01. The lowest BCUT2D eigenvalue weighted by molar-refractivity contribution is 0.251. The van der Waals surface area contributed by atoms with Crippen LogP contribution in [0.1, 0.15) is 6.42 Å². The van der Waals surface area contributed by atoms with Crippen LogP contribution < -0.4 is 10.6 Å². The Morgan fingerprint density at radius 2 is 2.07 bits per heavy atom. The van der Waals surface area contributed by atoms with E-state index < -0.39 is 0 Å². The summed E-state index contributed by atoms with van der Waals surface area (Å²) in [4.78, 5) is 16.2. The van der Waals surface area contributed by atoms with E-state index in [0.29, 0.717) is 17.4 Å². The molecule has 0 fully saturated rings. The largest absolute Gasteiger partial charge is 0.338 e. The molecular weight excluding hydrogens is 376 g/mol. The maximum absolute atomic E-state index is 12.2. The van der Waals surface area contributed by atoms with Crippen LogP contribution in [-0.2, 0) is 6.54 Å². The zero-order valence-corrected chi connectivity index (χ0v) is 15.8. The van der Waals surface area contributed by atoms with Crippen LogP contribution in [0.25, 0.3) is 22.0 Å². The van der Waals surface area contributed by atoms with Crippen molar-refractivity contribution in [2.24, 2.45) is 0 Å². The molecule has 142 valence electrons. The fourth-order valence-corrected chi connectivity index (χ4v) is 3.28. The number of rotatable bonds is 6. The molecule has 0 aliphatic carbocycles. The maximum atomic E-state index is 12.2. The first-order valence-corrected chi connectivity index (χ1v) is 9.32. The van der Waals surface area contributed by atoms with E-state index in [2.05, 4.69) is 25.8 Å². The summed E-state index contributed by atoms with van der Waals surface area (Å²) in [6.07, 6.45) is 6.19. The molecule has 0 aliphatic rings. The van der Waals surface area contributed by atoms with Crippen molar-refractivity contribution in [3.05, 3.63) is 66.2 Å². The molecule has 2 heterocycles. The zero-order chi connectivity index (χ0) is 19.3. The van der Waals surface area contributed by atoms with Crippen LogP contribution in [0.3, 0.4) is 0 Å². The first-order chi connectivity index (χ1) is 13.7. The highest BCUT2D eigenvalue weighted by Gasteiger charge is 2.13. The summed E-state index contributed by atoms with van der Waals surface area (Å²) < 4.78 is 1.97. The maximum Gasteiger partial charge on any atom is 0.320 e. The summed E-state index contributed by atoms with van der Waals surface area (Å²) in [5.41, 5.74) is 2.66. The molecule has 8 heteroatoms. The van der Waals surface area contributed by atoms with Crippen molar-refractivity contribution in [1.82, 2.24) is 25.1 Å². The summed E-state index contributed by atoms with van der Waals surface area (Å²) in [6.45, 7) is 1.35. The molecule has 0 saturated heterocycles. The van der Waals surface area contributed by atoms with Crippen LogP contribution in [0, 0.1) is 0 Å². The van der Waals surface area contributed by atoms with Gasteiger partial charge in [0.25, 0.3) is 0 Å². The van der Waals surface area contributed by atoms with Gasteiger partial charge in [-0.15, -0.1) is 0 Å². The molecule has 2 amide bonds. The number of hydrogen-bond acceptors (Lipinski definition) is 3. The number of nitrogens with zero attached hydrogens (tertiary/aromatic N) is 3. The molecule has 0 spiro atoms. The number of halogens is 1. The molecule has 2 aromatic carbocycles. The number of hydrogen-bond donors (Lipinski definition) is 3. The van der Waals surface area contributed by atoms with Gasteiger partial charge >= 0.3 is 6.03 Å². The number of aryl methyl sites for hydroxylation is 1. The third-order valence-electron chi connectivity index (χ3n) is 4.41. The van der Waals surface area contributed by atoms with Gasteiger partial charge in [-0.2, -0.15) is 5.10 Å². The minimum absolute atomic E-state index is 0.296. The van der Waals surface area contributed by atoms with Crippen LogP contribution in [0.15, 0.2) is 61.2 Å². The van der Waals surface area contributed by atoms with Gasteiger partial charge in [0, 0.05) is 36.4 Å². The van der Waals surface area contributed by atoms with Gasteiger partial charge in [-0.05, 0) is 24.1 Å². The summed E-state index contributed by atoms with van der Waals surface area (Å²) in [7, 11) is 0. The molecule has 7 nitrogen and oxygen atoms in total. The quantitative estimate of drug-likeness (QED) is 0.426. The molecule has 3 N–H and O–H groups in total. The second-order valence-corrected chi connectivity index (χ2v) is 6.76. The highest BCUT2D eigenvalue weighted by Crippen LogP contribution is 2.33. The van der Waals surface area contributed by atoms with Gasteiger partial charge in [0.15, 0.2) is 5.82 Å². The number of aromatic amines is 1. The first kappa shape index (κ1) is 18.1. The lowest BCUT2D eigenvalue weighted by Crippen LogP contribution is -2.30. The van der Waals surface area contributed by atoms with Crippen molar-refractivity contribution in [2.75, 3.05) is 11.9 Å². The van der Waals surface area contributed by atoms with Gasteiger partial charge < -0.3 is 9.88 Å². The number of urea groups is 1. The van der Waals surface area contributed by atoms with E-state index in [1.54, 1.807) is 12.5 Å². The van der Waals surface area contributed by atoms with Crippen LogP contribution in [0.4, 0.5) is 10.6 Å². The number of aromatic nitrogens is 4. The second kappa shape index (κ2) is 8.14. The Balaban J connectivity index is 1.44. The average Bonchev–Trinajstić information content (AvgIpc) is 3.35. The monoisotopic (exact) mass is 394 g/mol. The van der Waals surface area contributed by atoms with Crippen molar-refractivity contribution < 1.29 is 4.79 Å². The highest BCUT2D eigenvalue weighted by molar-refractivity contribution is 6.34. The Bertz CT molecular complexity index is 1070. The minimum atomic E-state index is -0.296. The molecule has 0 atom stereocenters. The van der Waals surface area contributed by atoms with Gasteiger partial charge in [-0.1, -0.05) is 41.9 Å². The van der Waals surface area contributed by atoms with Crippen molar-refractivity contribution >= 4 is 34.4 Å². The number of nitrogens with one attached hydrogen (secondary N) is 3. The van der Waals surface area contributed by atoms with Gasteiger partial charge in [0.05, 0.1) is 16.9 Å². The molecule has 0 saturated carbocycles. The standard InChI is InChI=1S/C20H19ClN6O/c21-17-12-18-16(11-15(17)14-5-2-1-3-6-14)19(26-25-18)24-20(28)23-7-4-9-27-10-8-22-13-27/h1-3,5-6,8,10-13H,4,7,9H2,(H3,23,24,25,26,28). The number of benzene rings is 2. The first-order valence-electron chi connectivity index (χ1n) is 8.94. The van der Waals surface area contributed by atoms with Gasteiger partial charge in [0.2, 0.25) is 0 Å². The zero-order valence-electron chi connectivity index (χ0n) is 15.0. The number of imidazole rings is 1. The van der Waals surface area contributed by atoms with Crippen LogP contribution >= 0.6 is 11.6 Å². The van der Waals surface area contributed by atoms with E-state index in [4.69, 9.17) is 11.6 Å². The molecular formula is C20H19ClN6O. The van der Waals surface area contributed by atoms with Crippen LogP contribution in [0.5, 0.6) is 0 Å². The minimum Gasteiger partial charge on any atom is -0.338 e. The van der Waals surface area contributed by atoms with E-state index >= 15 is 0 Å². The molecule has 0 unspecified atom stereocenters. The third-order valence-corrected chi connectivity index (χ3v) is 4.72. The second-order valence-electron chi connectivity index (χ2n) is 6.35. The fraction of sp³-hybridized carbons (Fsp3) is 0.150. The third kappa shape index (κ3) is 3.99. The number of carbonyl (C=O) groups excluding carboxylic acids is 1. The van der Waals surface area contributed by atoms with E-state index in [1.807, 2.05) is 53.2 Å². The van der Waals surface area contributed by atoms with Crippen molar-refractivity contribution in [2.45, 2.75) is 13.0 Å². The molecule has 0 bridgehead atoms. The van der Waals surface area contributed by atoms with E-state index in [1.165, 1.54) is 0 Å². The summed E-state index contributed by atoms with van der Waals surface area (Å²) in [5.74, 6) is 0.468. The molecule has 4 rings (SSSR count). The Labute approximate surface area is 166 Å². The summed E-state index contributed by atoms with van der Waals surface area (Å²) in [5, 5.41) is 14.2. The lowest BCUT2D eigenvalue weighted by Gasteiger charge is -2.08. The predicted octanol–water partition coefficient (Wildman–Crippen LogP) is 4.29. The molecule has 2 aromatic heterocycles. The molecule has 4 aromatic rings. The van der Waals surface area contributed by atoms with Crippen LogP contribution in [-0.4, -0.2) is 32.3 Å². The van der Waals surface area contributed by atoms with Gasteiger partial charge in [-0.25, -0.2) is 9.78 Å². The number of carbonyl (C=O) groups is 1. The Morgan fingerprint density at radius 1 is 1.21 bits per heavy atom. The van der Waals surface area contributed by atoms with E-state index in [9.17, 15) is 4.79 Å². The van der Waals surface area contributed by atoms with E-state index in [0.717, 1.165) is 35.0 Å². The SMILES string of the molecule is O=C(NCCCn1ccnc1)Nc1n[nH]c2cc(Cl)c(-c3ccccc3)cc12. The summed E-state index contributed by atoms with van der Waals surface area (Å²) >= 11 is 6.43. The Kier molecular flexibility index (Phi) is 5.25. The number of H-pyrrole nitrogens is 1. The highest BCUT2D eigenvalue weighted by atomic mass is 35.5. The van der Waals surface area contributed by atoms with Crippen LogP contribution in [0.2, 0.25) is 5.02 Å². The Morgan fingerprint density at radius 3 is 2.86 bits per heavy atom.